The number of allylic oxidation sites excluding steroid dienone is 1. The second-order valence-corrected chi connectivity index (χ2v) is 5.39. The molecule has 0 aromatic carbocycles. The van der Waals surface area contributed by atoms with Crippen molar-refractivity contribution in [3.05, 3.63) is 23.9 Å². The number of esters is 1. The molecule has 5 nitrogen and oxygen atoms in total. The topological polar surface area (TPSA) is 78.1 Å². The minimum Gasteiger partial charge on any atom is -0.462 e. The number of nitrogens with zero attached hydrogens (tertiary/aromatic N) is 2. The first-order chi connectivity index (χ1) is 9.20. The maximum Gasteiger partial charge on any atom is 0.343 e. The van der Waals surface area contributed by atoms with Crippen LogP contribution < -0.4 is 5.73 Å². The van der Waals surface area contributed by atoms with Gasteiger partial charge in [-0.3, -0.25) is 0 Å². The zero-order chi connectivity index (χ0) is 13.7. The molecule has 2 N–H and O–H groups in total. The molecule has 1 aromatic heterocycles. The van der Waals surface area contributed by atoms with Crippen LogP contribution in [0.5, 0.6) is 0 Å². The molecule has 1 heterocycles. The van der Waals surface area contributed by atoms with Crippen LogP contribution in [0.4, 0.5) is 5.82 Å². The van der Waals surface area contributed by atoms with Gasteiger partial charge in [-0.15, -0.1) is 0 Å². The zero-order valence-electron chi connectivity index (χ0n) is 10.8. The molecule has 1 aliphatic carbocycles. The second kappa shape index (κ2) is 6.56. The van der Waals surface area contributed by atoms with Crippen LogP contribution in [-0.4, -0.2) is 27.8 Å². The van der Waals surface area contributed by atoms with E-state index in [1.807, 2.05) is 0 Å². The monoisotopic (exact) mass is 279 g/mol. The number of carbonyl (C=O) groups excluding carboxylic acids is 1. The number of hydrogen-bond donors (Lipinski definition) is 1. The van der Waals surface area contributed by atoms with Crippen molar-refractivity contribution in [3.63, 3.8) is 0 Å². The summed E-state index contributed by atoms with van der Waals surface area (Å²) >= 11 is 1.57. The van der Waals surface area contributed by atoms with Gasteiger partial charge in [0.1, 0.15) is 11.4 Å². The summed E-state index contributed by atoms with van der Waals surface area (Å²) in [6, 6.07) is 0. The molecule has 2 rings (SSSR count). The molecule has 1 unspecified atom stereocenters. The van der Waals surface area contributed by atoms with Gasteiger partial charge in [0.25, 0.3) is 0 Å². The number of ether oxygens (including phenoxy) is 1. The number of hydrogen-bond acceptors (Lipinski definition) is 6. The molecule has 0 saturated heterocycles. The van der Waals surface area contributed by atoms with E-state index in [0.717, 1.165) is 12.8 Å². The Balaban J connectivity index is 2.07. The summed E-state index contributed by atoms with van der Waals surface area (Å²) in [4.78, 5) is 19.9. The summed E-state index contributed by atoms with van der Waals surface area (Å²) < 4.78 is 4.88. The number of thioether (sulfide) groups is 1. The summed E-state index contributed by atoms with van der Waals surface area (Å²) in [7, 11) is 0. The Hall–Kier alpha value is -1.56. The normalized spacial score (nSPS) is 18.3. The first-order valence-electron chi connectivity index (χ1n) is 6.33. The third-order valence-corrected chi connectivity index (χ3v) is 3.86. The van der Waals surface area contributed by atoms with Crippen LogP contribution >= 0.6 is 11.8 Å². The van der Waals surface area contributed by atoms with E-state index in [1.54, 1.807) is 18.7 Å². The predicted molar refractivity (Wildman–Crippen MR) is 75.0 cm³/mol. The van der Waals surface area contributed by atoms with Gasteiger partial charge >= 0.3 is 5.97 Å². The van der Waals surface area contributed by atoms with Crippen molar-refractivity contribution in [3.8, 4) is 0 Å². The summed E-state index contributed by atoms with van der Waals surface area (Å²) in [5.41, 5.74) is 6.00. The minimum absolute atomic E-state index is 0.177. The Morgan fingerprint density at radius 3 is 3.11 bits per heavy atom. The molecule has 0 bridgehead atoms. The summed E-state index contributed by atoms with van der Waals surface area (Å²) in [5.74, 6) is -0.301. The standard InChI is InChI=1S/C13H17N3O2S/c1-2-18-12(17)10-8-15-13(16-11(10)14)19-9-6-4-3-5-7-9/h4,6,8-9H,2-3,5,7H2,1H3,(H2,14,15,16). The Kier molecular flexibility index (Phi) is 4.79. The maximum atomic E-state index is 11.6. The molecule has 102 valence electrons. The van der Waals surface area contributed by atoms with E-state index < -0.39 is 5.97 Å². The fourth-order valence-corrected chi connectivity index (χ4v) is 2.83. The van der Waals surface area contributed by atoms with E-state index in [4.69, 9.17) is 10.5 Å². The minimum atomic E-state index is -0.478. The average molecular weight is 279 g/mol. The van der Waals surface area contributed by atoms with Crippen LogP contribution in [-0.2, 0) is 4.74 Å². The molecule has 0 amide bonds. The van der Waals surface area contributed by atoms with E-state index in [0.29, 0.717) is 17.0 Å². The van der Waals surface area contributed by atoms with Gasteiger partial charge in [0.15, 0.2) is 5.16 Å². The third-order valence-electron chi connectivity index (χ3n) is 2.76. The first-order valence-corrected chi connectivity index (χ1v) is 7.21. The fourth-order valence-electron chi connectivity index (χ4n) is 1.82. The highest BCUT2D eigenvalue weighted by atomic mass is 32.2. The molecule has 1 atom stereocenters. The molecule has 0 aliphatic heterocycles. The van der Waals surface area contributed by atoms with Crippen LogP contribution in [0, 0.1) is 0 Å². The van der Waals surface area contributed by atoms with Gasteiger partial charge in [0.05, 0.1) is 6.61 Å². The van der Waals surface area contributed by atoms with E-state index in [-0.39, 0.29) is 11.4 Å². The fraction of sp³-hybridized carbons (Fsp3) is 0.462. The van der Waals surface area contributed by atoms with E-state index >= 15 is 0 Å². The number of rotatable bonds is 4. The summed E-state index contributed by atoms with van der Waals surface area (Å²) in [6.45, 7) is 2.05. The average Bonchev–Trinajstić information content (AvgIpc) is 2.40. The summed E-state index contributed by atoms with van der Waals surface area (Å²) in [6.07, 6.45) is 9.23. The van der Waals surface area contributed by atoms with E-state index in [1.165, 1.54) is 12.6 Å². The molecule has 0 spiro atoms. The Bertz CT molecular complexity index is 491. The lowest BCUT2D eigenvalue weighted by Gasteiger charge is -2.14. The van der Waals surface area contributed by atoms with Gasteiger partial charge in [0.2, 0.25) is 0 Å². The number of nitrogens with two attached hydrogens (primary N) is 1. The van der Waals surface area contributed by atoms with Crippen LogP contribution in [0.3, 0.4) is 0 Å². The lowest BCUT2D eigenvalue weighted by atomic mass is 10.1. The quantitative estimate of drug-likeness (QED) is 0.518. The Morgan fingerprint density at radius 2 is 2.47 bits per heavy atom. The first kappa shape index (κ1) is 13.9. The van der Waals surface area contributed by atoms with Crippen LogP contribution in [0.1, 0.15) is 36.5 Å². The van der Waals surface area contributed by atoms with Crippen LogP contribution in [0.25, 0.3) is 0 Å². The molecule has 0 fully saturated rings. The molecule has 6 heteroatoms. The smallest absolute Gasteiger partial charge is 0.343 e. The van der Waals surface area contributed by atoms with Gasteiger partial charge < -0.3 is 10.5 Å². The van der Waals surface area contributed by atoms with Crippen molar-refractivity contribution < 1.29 is 9.53 Å². The number of aromatic nitrogens is 2. The molecule has 0 radical (unpaired) electrons. The highest BCUT2D eigenvalue weighted by Crippen LogP contribution is 2.28. The van der Waals surface area contributed by atoms with E-state index in [9.17, 15) is 4.79 Å². The Morgan fingerprint density at radius 1 is 1.63 bits per heavy atom. The molecule has 1 aliphatic rings. The van der Waals surface area contributed by atoms with Crippen molar-refractivity contribution in [2.45, 2.75) is 36.6 Å². The number of anilines is 1. The van der Waals surface area contributed by atoms with Crippen LogP contribution in [0.15, 0.2) is 23.5 Å². The van der Waals surface area contributed by atoms with Gasteiger partial charge in [-0.25, -0.2) is 14.8 Å². The van der Waals surface area contributed by atoms with Crippen molar-refractivity contribution >= 4 is 23.5 Å². The highest BCUT2D eigenvalue weighted by Gasteiger charge is 2.16. The lowest BCUT2D eigenvalue weighted by molar-refractivity contribution is 0.0526. The van der Waals surface area contributed by atoms with Gasteiger partial charge in [-0.05, 0) is 26.2 Å². The predicted octanol–water partition coefficient (Wildman–Crippen LogP) is 2.44. The largest absolute Gasteiger partial charge is 0.462 e. The second-order valence-electron chi connectivity index (χ2n) is 4.19. The van der Waals surface area contributed by atoms with Gasteiger partial charge in [0, 0.05) is 11.4 Å². The highest BCUT2D eigenvalue weighted by molar-refractivity contribution is 7.99. The molecular weight excluding hydrogens is 262 g/mol. The molecule has 0 saturated carbocycles. The number of nitrogen functional groups attached to an aromatic ring is 1. The maximum absolute atomic E-state index is 11.6. The molecule has 19 heavy (non-hydrogen) atoms. The summed E-state index contributed by atoms with van der Waals surface area (Å²) in [5, 5.41) is 0.990. The molecular formula is C13H17N3O2S. The van der Waals surface area contributed by atoms with Crippen molar-refractivity contribution in [2.24, 2.45) is 0 Å². The molecule has 1 aromatic rings. The lowest BCUT2D eigenvalue weighted by Crippen LogP contribution is -2.11. The van der Waals surface area contributed by atoms with Crippen molar-refractivity contribution in [1.82, 2.24) is 9.97 Å². The van der Waals surface area contributed by atoms with Gasteiger partial charge in [-0.2, -0.15) is 0 Å². The van der Waals surface area contributed by atoms with Crippen molar-refractivity contribution in [2.75, 3.05) is 12.3 Å². The SMILES string of the molecule is CCOC(=O)c1cnc(SC2C=CCCC2)nc1N. The van der Waals surface area contributed by atoms with Crippen molar-refractivity contribution in [1.29, 1.82) is 0 Å². The number of carbonyl (C=O) groups is 1. The Labute approximate surface area is 116 Å². The van der Waals surface area contributed by atoms with E-state index in [2.05, 4.69) is 22.1 Å². The zero-order valence-corrected chi connectivity index (χ0v) is 11.7. The van der Waals surface area contributed by atoms with Gasteiger partial charge in [-0.1, -0.05) is 23.9 Å². The third kappa shape index (κ3) is 3.70. The van der Waals surface area contributed by atoms with Crippen LogP contribution in [0.2, 0.25) is 0 Å².